The van der Waals surface area contributed by atoms with Crippen molar-refractivity contribution in [2.24, 2.45) is 0 Å². The molecular weight excluding hydrogens is 169 g/mol. The van der Waals surface area contributed by atoms with E-state index >= 15 is 0 Å². The van der Waals surface area contributed by atoms with Crippen LogP contribution in [0.15, 0.2) is 30.5 Å². The summed E-state index contributed by atoms with van der Waals surface area (Å²) in [6, 6.07) is 7.08. The minimum Gasteiger partial charge on any atom is -0.265 e. The molecule has 3 nitrogen and oxygen atoms in total. The Bertz CT molecular complexity index is 384. The summed E-state index contributed by atoms with van der Waals surface area (Å²) in [7, 11) is 0. The molecule has 0 fully saturated rings. The summed E-state index contributed by atoms with van der Waals surface area (Å²) < 4.78 is 12.4. The zero-order valence-electron chi connectivity index (χ0n) is 6.74. The maximum Gasteiger partial charge on any atom is 0.161 e. The highest BCUT2D eigenvalue weighted by atomic mass is 19.1. The molecule has 2 rings (SSSR count). The molecule has 0 aliphatic heterocycles. The number of aromatic amines is 1. The summed E-state index contributed by atoms with van der Waals surface area (Å²) in [4.78, 5) is 0. The van der Waals surface area contributed by atoms with Crippen molar-refractivity contribution in [3.05, 3.63) is 42.7 Å². The normalized spacial score (nSPS) is 10.2. The van der Waals surface area contributed by atoms with E-state index in [9.17, 15) is 4.39 Å². The van der Waals surface area contributed by atoms with Gasteiger partial charge in [-0.3, -0.25) is 5.10 Å². The first-order chi connectivity index (χ1) is 6.42. The van der Waals surface area contributed by atoms with Gasteiger partial charge in [0, 0.05) is 11.8 Å². The predicted octanol–water partition coefficient (Wildman–Crippen LogP) is 1.95. The van der Waals surface area contributed by atoms with Crippen LogP contribution in [0.25, 0.3) is 11.3 Å². The van der Waals surface area contributed by atoms with E-state index in [1.165, 1.54) is 0 Å². The minimum absolute atomic E-state index is 0.511. The Morgan fingerprint density at radius 2 is 2.15 bits per heavy atom. The van der Waals surface area contributed by atoms with Crippen LogP contribution in [0.2, 0.25) is 0 Å². The molecule has 0 aliphatic rings. The lowest BCUT2D eigenvalue weighted by molar-refractivity contribution is 0.647. The summed E-state index contributed by atoms with van der Waals surface area (Å²) in [5.41, 5.74) is 1.89. The van der Waals surface area contributed by atoms with Gasteiger partial charge in [-0.15, -0.1) is 5.10 Å². The molecule has 0 aliphatic carbocycles. The standard InChI is InChI=1S/C9H7FN3/c10-5-7-3-1-2-4-8(7)9-6-11-13-12-9/h1-6H,(H,11,12,13). The number of nitrogens with one attached hydrogen (secondary N) is 1. The molecule has 0 saturated carbocycles. The maximum absolute atomic E-state index is 12.4. The van der Waals surface area contributed by atoms with Gasteiger partial charge >= 0.3 is 0 Å². The summed E-state index contributed by atoms with van der Waals surface area (Å²) in [5.74, 6) is 0. The molecule has 0 bridgehead atoms. The second-order valence-electron chi connectivity index (χ2n) is 2.56. The zero-order valence-corrected chi connectivity index (χ0v) is 6.74. The Balaban J connectivity index is 2.51. The van der Waals surface area contributed by atoms with Crippen molar-refractivity contribution >= 4 is 0 Å². The smallest absolute Gasteiger partial charge is 0.161 e. The van der Waals surface area contributed by atoms with E-state index in [2.05, 4.69) is 15.4 Å². The van der Waals surface area contributed by atoms with Crippen LogP contribution in [0.3, 0.4) is 0 Å². The summed E-state index contributed by atoms with van der Waals surface area (Å²) in [6.45, 7) is 0.560. The number of nitrogens with zero attached hydrogens (tertiary/aromatic N) is 2. The van der Waals surface area contributed by atoms with E-state index in [1.807, 2.05) is 6.07 Å². The summed E-state index contributed by atoms with van der Waals surface area (Å²) >= 11 is 0. The third kappa shape index (κ3) is 1.42. The van der Waals surface area contributed by atoms with E-state index in [0.717, 1.165) is 5.56 Å². The monoisotopic (exact) mass is 176 g/mol. The lowest BCUT2D eigenvalue weighted by atomic mass is 10.1. The first kappa shape index (κ1) is 7.91. The number of rotatable bonds is 2. The number of hydrogen-bond donors (Lipinski definition) is 1. The average molecular weight is 176 g/mol. The molecular formula is C9H7FN3. The highest BCUT2D eigenvalue weighted by Crippen LogP contribution is 2.21. The number of hydrogen-bond acceptors (Lipinski definition) is 2. The van der Waals surface area contributed by atoms with Gasteiger partial charge in [0.15, 0.2) is 6.67 Å². The van der Waals surface area contributed by atoms with Gasteiger partial charge in [-0.2, -0.15) is 0 Å². The molecule has 0 atom stereocenters. The molecule has 13 heavy (non-hydrogen) atoms. The lowest BCUT2D eigenvalue weighted by Gasteiger charge is -2.00. The fraction of sp³-hybridized carbons (Fsp3) is 0. The van der Waals surface area contributed by atoms with Crippen molar-refractivity contribution in [3.8, 4) is 11.3 Å². The summed E-state index contributed by atoms with van der Waals surface area (Å²) in [5, 5.41) is 9.95. The lowest BCUT2D eigenvalue weighted by Crippen LogP contribution is -1.84. The second-order valence-corrected chi connectivity index (χ2v) is 2.56. The predicted molar refractivity (Wildman–Crippen MR) is 46.3 cm³/mol. The third-order valence-corrected chi connectivity index (χ3v) is 1.77. The Morgan fingerprint density at radius 1 is 1.31 bits per heavy atom. The first-order valence-corrected chi connectivity index (χ1v) is 3.81. The molecule has 4 heteroatoms. The van der Waals surface area contributed by atoms with Crippen LogP contribution in [0.4, 0.5) is 4.39 Å². The van der Waals surface area contributed by atoms with E-state index in [1.54, 1.807) is 24.4 Å². The minimum atomic E-state index is 0.511. The molecule has 1 heterocycles. The first-order valence-electron chi connectivity index (χ1n) is 3.81. The van der Waals surface area contributed by atoms with Gasteiger partial charge in [0.05, 0.1) is 0 Å². The van der Waals surface area contributed by atoms with E-state index < -0.39 is 0 Å². The Morgan fingerprint density at radius 3 is 2.85 bits per heavy atom. The van der Waals surface area contributed by atoms with Gasteiger partial charge in [-0.05, 0) is 5.56 Å². The molecule has 2 aromatic rings. The molecule has 0 spiro atoms. The fourth-order valence-corrected chi connectivity index (χ4v) is 1.16. The third-order valence-electron chi connectivity index (χ3n) is 1.77. The number of halogens is 1. The number of H-pyrrole nitrogens is 1. The molecule has 0 saturated heterocycles. The van der Waals surface area contributed by atoms with Crippen LogP contribution in [0.5, 0.6) is 0 Å². The van der Waals surface area contributed by atoms with Crippen LogP contribution in [0.1, 0.15) is 5.56 Å². The molecule has 0 amide bonds. The van der Waals surface area contributed by atoms with Crippen molar-refractivity contribution in [1.29, 1.82) is 0 Å². The van der Waals surface area contributed by atoms with Crippen molar-refractivity contribution < 1.29 is 4.39 Å². The van der Waals surface area contributed by atoms with E-state index in [-0.39, 0.29) is 0 Å². The Hall–Kier alpha value is -1.71. The van der Waals surface area contributed by atoms with Gasteiger partial charge in [0.25, 0.3) is 0 Å². The van der Waals surface area contributed by atoms with Crippen LogP contribution >= 0.6 is 0 Å². The van der Waals surface area contributed by atoms with Crippen molar-refractivity contribution in [2.75, 3.05) is 0 Å². The highest BCUT2D eigenvalue weighted by Gasteiger charge is 2.05. The van der Waals surface area contributed by atoms with Crippen LogP contribution in [-0.2, 0) is 0 Å². The van der Waals surface area contributed by atoms with Gasteiger partial charge in [-0.25, -0.2) is 4.39 Å². The largest absolute Gasteiger partial charge is 0.265 e. The van der Waals surface area contributed by atoms with Crippen molar-refractivity contribution in [3.63, 3.8) is 0 Å². The Labute approximate surface area is 74.6 Å². The molecule has 1 N–H and O–H groups in total. The average Bonchev–Trinajstić information content (AvgIpc) is 2.70. The fourth-order valence-electron chi connectivity index (χ4n) is 1.16. The quantitative estimate of drug-likeness (QED) is 0.759. The van der Waals surface area contributed by atoms with Gasteiger partial charge in [0.1, 0.15) is 5.69 Å². The maximum atomic E-state index is 12.4. The van der Waals surface area contributed by atoms with Crippen LogP contribution in [-0.4, -0.2) is 15.4 Å². The van der Waals surface area contributed by atoms with E-state index in [4.69, 9.17) is 0 Å². The van der Waals surface area contributed by atoms with Crippen molar-refractivity contribution in [2.45, 2.75) is 0 Å². The van der Waals surface area contributed by atoms with E-state index in [0.29, 0.717) is 17.9 Å². The number of benzene rings is 1. The molecule has 1 radical (unpaired) electrons. The van der Waals surface area contributed by atoms with Crippen LogP contribution < -0.4 is 0 Å². The topological polar surface area (TPSA) is 41.6 Å². The molecule has 65 valence electrons. The highest BCUT2D eigenvalue weighted by molar-refractivity contribution is 5.63. The van der Waals surface area contributed by atoms with Crippen LogP contribution in [0, 0.1) is 6.67 Å². The Kier molecular flexibility index (Phi) is 2.04. The van der Waals surface area contributed by atoms with Crippen molar-refractivity contribution in [1.82, 2.24) is 15.4 Å². The second kappa shape index (κ2) is 3.35. The molecule has 0 unspecified atom stereocenters. The van der Waals surface area contributed by atoms with Gasteiger partial charge < -0.3 is 0 Å². The zero-order chi connectivity index (χ0) is 9.10. The number of aromatic nitrogens is 3. The molecule has 1 aromatic carbocycles. The molecule has 1 aromatic heterocycles. The van der Waals surface area contributed by atoms with Gasteiger partial charge in [0.2, 0.25) is 0 Å². The van der Waals surface area contributed by atoms with Gasteiger partial charge in [-0.1, -0.05) is 29.5 Å². The SMILES string of the molecule is F[CH]c1ccccc1-c1c[nH]nn1. The summed E-state index contributed by atoms with van der Waals surface area (Å²) in [6.07, 6.45) is 1.63.